The highest BCUT2D eigenvalue weighted by molar-refractivity contribution is 5.94. The molecule has 5 nitrogen and oxygen atoms in total. The normalized spacial score (nSPS) is 10.4. The Morgan fingerprint density at radius 3 is 2.54 bits per heavy atom. The molecule has 0 unspecified atom stereocenters. The smallest absolute Gasteiger partial charge is 0.336 e. The maximum Gasteiger partial charge on any atom is 0.336 e. The Bertz CT molecular complexity index is 857. The first-order chi connectivity index (χ1) is 11.6. The quantitative estimate of drug-likeness (QED) is 0.638. The van der Waals surface area contributed by atoms with E-state index >= 15 is 0 Å². The van der Waals surface area contributed by atoms with Crippen LogP contribution in [0.5, 0.6) is 5.75 Å². The minimum absolute atomic E-state index is 0.407. The number of aromatic nitrogens is 1. The van der Waals surface area contributed by atoms with Crippen LogP contribution in [0.1, 0.15) is 38.6 Å². The van der Waals surface area contributed by atoms with Gasteiger partial charge in [0.1, 0.15) is 17.1 Å². The second-order valence-corrected chi connectivity index (χ2v) is 5.18. The van der Waals surface area contributed by atoms with Crippen LogP contribution in [-0.4, -0.2) is 11.8 Å². The van der Waals surface area contributed by atoms with Crippen LogP contribution in [-0.2, 0) is 0 Å². The lowest BCUT2D eigenvalue weighted by Gasteiger charge is -2.08. The van der Waals surface area contributed by atoms with Crippen LogP contribution >= 0.6 is 0 Å². The van der Waals surface area contributed by atoms with Crippen molar-refractivity contribution < 1.29 is 13.7 Å². The molecule has 0 aliphatic heterocycles. The molecule has 2 aromatic heterocycles. The molecule has 3 aromatic rings. The molecule has 0 atom stereocenters. The number of aryl methyl sites for hydroxylation is 2. The lowest BCUT2D eigenvalue weighted by atomic mass is 10.0. The van der Waals surface area contributed by atoms with E-state index in [4.69, 9.17) is 13.7 Å². The van der Waals surface area contributed by atoms with E-state index in [2.05, 4.69) is 5.16 Å². The lowest BCUT2D eigenvalue weighted by molar-refractivity contribution is 0.317. The fourth-order valence-corrected chi connectivity index (χ4v) is 2.53. The van der Waals surface area contributed by atoms with Gasteiger partial charge in [-0.15, -0.1) is 0 Å². The first-order valence-corrected chi connectivity index (χ1v) is 8.24. The third-order valence-electron chi connectivity index (χ3n) is 3.49. The molecule has 0 saturated heterocycles. The molecule has 2 heterocycles. The first kappa shape index (κ1) is 17.8. The van der Waals surface area contributed by atoms with E-state index in [1.165, 1.54) is 6.07 Å². The summed E-state index contributed by atoms with van der Waals surface area (Å²) in [5.74, 6) is 1.36. The lowest BCUT2D eigenvalue weighted by Crippen LogP contribution is -2.00. The standard InChI is InChI=1S/C17H17NO4.C2H6/c1-4-7-20-12-5-6-13-14(9-16(19)21-15(13)8-12)17-10(2)18-22-11(17)3;1-2/h5-6,8-9H,4,7H2,1-3H3;1-2H3. The number of nitrogens with zero attached hydrogens (tertiary/aromatic N) is 1. The molecule has 0 fully saturated rings. The van der Waals surface area contributed by atoms with Crippen LogP contribution in [0.25, 0.3) is 22.1 Å². The zero-order chi connectivity index (χ0) is 17.7. The van der Waals surface area contributed by atoms with Crippen molar-refractivity contribution in [3.05, 3.63) is 46.1 Å². The molecule has 1 aromatic carbocycles. The van der Waals surface area contributed by atoms with Crippen molar-refractivity contribution in [3.63, 3.8) is 0 Å². The van der Waals surface area contributed by atoms with E-state index in [0.717, 1.165) is 28.6 Å². The fraction of sp³-hybridized carbons (Fsp3) is 0.368. The molecule has 3 rings (SSSR count). The first-order valence-electron chi connectivity index (χ1n) is 8.24. The molecule has 0 saturated carbocycles. The van der Waals surface area contributed by atoms with Gasteiger partial charge in [0, 0.05) is 28.6 Å². The molecule has 0 N–H and O–H groups in total. The summed E-state index contributed by atoms with van der Waals surface area (Å²) < 4.78 is 16.1. The van der Waals surface area contributed by atoms with Crippen molar-refractivity contribution in [3.8, 4) is 16.9 Å². The molecule has 0 aliphatic rings. The highest BCUT2D eigenvalue weighted by atomic mass is 16.5. The second kappa shape index (κ2) is 7.81. The highest BCUT2D eigenvalue weighted by Crippen LogP contribution is 2.33. The molecular weight excluding hydrogens is 306 g/mol. The molecule has 128 valence electrons. The molecule has 5 heteroatoms. The van der Waals surface area contributed by atoms with Crippen molar-refractivity contribution in [1.82, 2.24) is 5.16 Å². The van der Waals surface area contributed by atoms with E-state index in [0.29, 0.717) is 23.7 Å². The summed E-state index contributed by atoms with van der Waals surface area (Å²) in [4.78, 5) is 11.9. The summed E-state index contributed by atoms with van der Waals surface area (Å²) in [6.07, 6.45) is 0.918. The average Bonchev–Trinajstić information content (AvgIpc) is 2.92. The van der Waals surface area contributed by atoms with Gasteiger partial charge in [-0.3, -0.25) is 0 Å². The Morgan fingerprint density at radius 1 is 1.17 bits per heavy atom. The van der Waals surface area contributed by atoms with Gasteiger partial charge in [0.15, 0.2) is 0 Å². The Hall–Kier alpha value is -2.56. The summed E-state index contributed by atoms with van der Waals surface area (Å²) in [6.45, 7) is 10.3. The predicted octanol–water partition coefficient (Wildman–Crippen LogP) is 4.88. The van der Waals surface area contributed by atoms with E-state index in [1.807, 2.05) is 46.8 Å². The van der Waals surface area contributed by atoms with E-state index in [1.54, 1.807) is 6.07 Å². The van der Waals surface area contributed by atoms with Gasteiger partial charge in [0.25, 0.3) is 0 Å². The van der Waals surface area contributed by atoms with Gasteiger partial charge < -0.3 is 13.7 Å². The SMILES string of the molecule is CC.CCCOc1ccc2c(-c3c(C)noc3C)cc(=O)oc2c1. The Kier molecular flexibility index (Phi) is 5.79. The summed E-state index contributed by atoms with van der Waals surface area (Å²) in [7, 11) is 0. The summed E-state index contributed by atoms with van der Waals surface area (Å²) in [5.41, 5.74) is 2.44. The van der Waals surface area contributed by atoms with Crippen LogP contribution < -0.4 is 10.4 Å². The molecule has 0 radical (unpaired) electrons. The summed E-state index contributed by atoms with van der Waals surface area (Å²) in [6, 6.07) is 6.99. The molecule has 0 amide bonds. The van der Waals surface area contributed by atoms with Crippen LogP contribution in [0.2, 0.25) is 0 Å². The van der Waals surface area contributed by atoms with Crippen LogP contribution in [0, 0.1) is 13.8 Å². The number of fused-ring (bicyclic) bond motifs is 1. The molecule has 0 bridgehead atoms. The van der Waals surface area contributed by atoms with Crippen LogP contribution in [0.4, 0.5) is 0 Å². The number of benzene rings is 1. The Morgan fingerprint density at radius 2 is 1.92 bits per heavy atom. The fourth-order valence-electron chi connectivity index (χ4n) is 2.53. The van der Waals surface area contributed by atoms with Gasteiger partial charge in [0.2, 0.25) is 0 Å². The van der Waals surface area contributed by atoms with Crippen LogP contribution in [0.15, 0.2) is 38.0 Å². The van der Waals surface area contributed by atoms with Gasteiger partial charge >= 0.3 is 5.63 Å². The topological polar surface area (TPSA) is 65.5 Å². The van der Waals surface area contributed by atoms with Crippen LogP contribution in [0.3, 0.4) is 0 Å². The third kappa shape index (κ3) is 3.50. The van der Waals surface area contributed by atoms with Crippen molar-refractivity contribution in [2.75, 3.05) is 6.61 Å². The minimum Gasteiger partial charge on any atom is -0.493 e. The van der Waals surface area contributed by atoms with E-state index in [9.17, 15) is 4.79 Å². The Balaban J connectivity index is 0.00000100. The summed E-state index contributed by atoms with van der Waals surface area (Å²) in [5, 5.41) is 4.79. The zero-order valence-corrected chi connectivity index (χ0v) is 14.8. The minimum atomic E-state index is -0.407. The monoisotopic (exact) mass is 329 g/mol. The summed E-state index contributed by atoms with van der Waals surface area (Å²) >= 11 is 0. The van der Waals surface area contributed by atoms with Gasteiger partial charge in [-0.25, -0.2) is 4.79 Å². The van der Waals surface area contributed by atoms with Gasteiger partial charge in [-0.1, -0.05) is 25.9 Å². The van der Waals surface area contributed by atoms with Gasteiger partial charge in [0.05, 0.1) is 12.3 Å². The van der Waals surface area contributed by atoms with E-state index < -0.39 is 5.63 Å². The molecule has 24 heavy (non-hydrogen) atoms. The zero-order valence-electron chi connectivity index (χ0n) is 14.8. The maximum absolute atomic E-state index is 11.9. The number of rotatable bonds is 4. The maximum atomic E-state index is 11.9. The molecule has 0 spiro atoms. The van der Waals surface area contributed by atoms with Crippen molar-refractivity contribution in [2.45, 2.75) is 41.0 Å². The predicted molar refractivity (Wildman–Crippen MR) is 94.6 cm³/mol. The molecular formula is C19H23NO4. The van der Waals surface area contributed by atoms with Gasteiger partial charge in [-0.2, -0.15) is 0 Å². The highest BCUT2D eigenvalue weighted by Gasteiger charge is 2.16. The average molecular weight is 329 g/mol. The number of hydrogen-bond donors (Lipinski definition) is 0. The van der Waals surface area contributed by atoms with Crippen molar-refractivity contribution >= 4 is 11.0 Å². The van der Waals surface area contributed by atoms with Gasteiger partial charge in [-0.05, 0) is 32.4 Å². The number of hydrogen-bond acceptors (Lipinski definition) is 5. The van der Waals surface area contributed by atoms with E-state index in [-0.39, 0.29) is 0 Å². The van der Waals surface area contributed by atoms with Crippen molar-refractivity contribution in [1.29, 1.82) is 0 Å². The second-order valence-electron chi connectivity index (χ2n) is 5.18. The third-order valence-corrected chi connectivity index (χ3v) is 3.49. The Labute approximate surface area is 141 Å². The number of ether oxygens (including phenoxy) is 1. The largest absolute Gasteiger partial charge is 0.493 e. The molecule has 0 aliphatic carbocycles. The van der Waals surface area contributed by atoms with Crippen molar-refractivity contribution in [2.24, 2.45) is 0 Å².